The molecule has 1 aliphatic heterocycles. The maximum atomic E-state index is 13.3. The molecule has 2 unspecified atom stereocenters. The molecule has 0 bridgehead atoms. The highest BCUT2D eigenvalue weighted by Crippen LogP contribution is 2.22. The Kier molecular flexibility index (Phi) is 3.09. The minimum absolute atomic E-state index is 0.121. The largest absolute Gasteiger partial charge is 0.390 e. The molecule has 1 saturated heterocycles. The number of halogens is 1. The molecule has 0 amide bonds. The zero-order valence-corrected chi connectivity index (χ0v) is 10.2. The van der Waals surface area contributed by atoms with E-state index in [2.05, 4.69) is 5.32 Å². The van der Waals surface area contributed by atoms with E-state index in [9.17, 15) is 17.9 Å². The lowest BCUT2D eigenvalue weighted by molar-refractivity contribution is 0.190. The van der Waals surface area contributed by atoms with Gasteiger partial charge in [0.05, 0.1) is 23.7 Å². The van der Waals surface area contributed by atoms with Crippen molar-refractivity contribution in [3.63, 3.8) is 0 Å². The van der Waals surface area contributed by atoms with Crippen molar-refractivity contribution in [1.82, 2.24) is 0 Å². The molecule has 1 aliphatic rings. The van der Waals surface area contributed by atoms with Crippen LogP contribution in [0.15, 0.2) is 18.2 Å². The Morgan fingerprint density at radius 1 is 1.41 bits per heavy atom. The first-order chi connectivity index (χ1) is 7.89. The summed E-state index contributed by atoms with van der Waals surface area (Å²) >= 11 is 0. The molecule has 2 rings (SSSR count). The van der Waals surface area contributed by atoms with Gasteiger partial charge < -0.3 is 10.4 Å². The van der Waals surface area contributed by atoms with Crippen LogP contribution in [0.2, 0.25) is 0 Å². The Hall–Kier alpha value is -1.14. The molecule has 0 aliphatic carbocycles. The van der Waals surface area contributed by atoms with Crippen LogP contribution in [0.25, 0.3) is 0 Å². The monoisotopic (exact) mass is 259 g/mol. The quantitative estimate of drug-likeness (QED) is 0.820. The molecule has 6 heteroatoms. The van der Waals surface area contributed by atoms with E-state index in [1.807, 2.05) is 0 Å². The summed E-state index contributed by atoms with van der Waals surface area (Å²) in [6.07, 6.45) is -0.942. The molecule has 1 heterocycles. The molecule has 94 valence electrons. The smallest absolute Gasteiger partial charge is 0.155 e. The van der Waals surface area contributed by atoms with Crippen molar-refractivity contribution in [3.05, 3.63) is 29.6 Å². The summed E-state index contributed by atoms with van der Waals surface area (Å²) in [7, 11) is -3.19. The number of anilines is 1. The van der Waals surface area contributed by atoms with Crippen LogP contribution in [0.5, 0.6) is 0 Å². The first-order valence-corrected chi connectivity index (χ1v) is 7.11. The van der Waals surface area contributed by atoms with E-state index in [1.165, 1.54) is 6.07 Å². The minimum atomic E-state index is -3.19. The fraction of sp³-hybridized carbons (Fsp3) is 0.455. The predicted molar refractivity (Wildman–Crippen MR) is 63.2 cm³/mol. The summed E-state index contributed by atoms with van der Waals surface area (Å²) in [5, 5.41) is 12.5. The van der Waals surface area contributed by atoms with Crippen molar-refractivity contribution in [2.75, 3.05) is 16.8 Å². The van der Waals surface area contributed by atoms with Crippen molar-refractivity contribution in [1.29, 1.82) is 0 Å². The SMILES string of the molecule is Cc1c(F)cccc1NC1CS(=O)(=O)CC1O. The fourth-order valence-corrected chi connectivity index (χ4v) is 3.67. The zero-order valence-electron chi connectivity index (χ0n) is 9.35. The molecule has 2 atom stereocenters. The summed E-state index contributed by atoms with van der Waals surface area (Å²) in [4.78, 5) is 0. The van der Waals surface area contributed by atoms with Crippen molar-refractivity contribution in [2.45, 2.75) is 19.1 Å². The van der Waals surface area contributed by atoms with E-state index >= 15 is 0 Å². The van der Waals surface area contributed by atoms with Crippen LogP contribution in [0, 0.1) is 12.7 Å². The molecule has 1 aromatic carbocycles. The van der Waals surface area contributed by atoms with E-state index in [-0.39, 0.29) is 17.3 Å². The highest BCUT2D eigenvalue weighted by atomic mass is 32.2. The van der Waals surface area contributed by atoms with Crippen LogP contribution >= 0.6 is 0 Å². The first-order valence-electron chi connectivity index (χ1n) is 5.29. The van der Waals surface area contributed by atoms with Gasteiger partial charge in [0, 0.05) is 11.3 Å². The van der Waals surface area contributed by atoms with Gasteiger partial charge in [-0.2, -0.15) is 0 Å². The van der Waals surface area contributed by atoms with Crippen LogP contribution < -0.4 is 5.32 Å². The number of sulfone groups is 1. The number of nitrogens with one attached hydrogen (secondary N) is 1. The van der Waals surface area contributed by atoms with E-state index in [0.29, 0.717) is 11.3 Å². The third kappa shape index (κ3) is 2.58. The van der Waals surface area contributed by atoms with Crippen LogP contribution in [0.3, 0.4) is 0 Å². The zero-order chi connectivity index (χ0) is 12.6. The number of aliphatic hydroxyl groups excluding tert-OH is 1. The van der Waals surface area contributed by atoms with E-state index in [1.54, 1.807) is 19.1 Å². The second-order valence-electron chi connectivity index (χ2n) is 4.31. The van der Waals surface area contributed by atoms with Gasteiger partial charge in [0.15, 0.2) is 9.84 Å². The van der Waals surface area contributed by atoms with Crippen molar-refractivity contribution < 1.29 is 17.9 Å². The van der Waals surface area contributed by atoms with Gasteiger partial charge in [0.25, 0.3) is 0 Å². The third-order valence-corrected chi connectivity index (χ3v) is 4.65. The van der Waals surface area contributed by atoms with E-state index in [4.69, 9.17) is 0 Å². The molecule has 1 aromatic rings. The molecule has 1 fully saturated rings. The number of benzene rings is 1. The van der Waals surface area contributed by atoms with E-state index < -0.39 is 22.0 Å². The van der Waals surface area contributed by atoms with Gasteiger partial charge in [-0.25, -0.2) is 12.8 Å². The molecule has 0 aromatic heterocycles. The molecular formula is C11H14FNO3S. The van der Waals surface area contributed by atoms with Gasteiger partial charge in [-0.1, -0.05) is 6.07 Å². The van der Waals surface area contributed by atoms with Gasteiger partial charge in [-0.15, -0.1) is 0 Å². The Morgan fingerprint density at radius 2 is 2.12 bits per heavy atom. The Labute approximate surface area is 99.4 Å². The lowest BCUT2D eigenvalue weighted by Gasteiger charge is -2.18. The second kappa shape index (κ2) is 4.27. The predicted octanol–water partition coefficient (Wildman–Crippen LogP) is 0.704. The van der Waals surface area contributed by atoms with Crippen LogP contribution in [-0.4, -0.2) is 37.2 Å². The van der Waals surface area contributed by atoms with Gasteiger partial charge in [-0.05, 0) is 19.1 Å². The molecule has 0 spiro atoms. The Balaban J connectivity index is 2.20. The fourth-order valence-electron chi connectivity index (χ4n) is 1.93. The second-order valence-corrected chi connectivity index (χ2v) is 6.46. The highest BCUT2D eigenvalue weighted by Gasteiger charge is 2.36. The van der Waals surface area contributed by atoms with Gasteiger partial charge in [-0.3, -0.25) is 0 Å². The summed E-state index contributed by atoms with van der Waals surface area (Å²) in [5.74, 6) is -0.714. The van der Waals surface area contributed by atoms with Crippen molar-refractivity contribution >= 4 is 15.5 Å². The average molecular weight is 259 g/mol. The molecule has 0 radical (unpaired) electrons. The topological polar surface area (TPSA) is 66.4 Å². The normalized spacial score (nSPS) is 27.0. The maximum Gasteiger partial charge on any atom is 0.155 e. The maximum absolute atomic E-state index is 13.3. The number of aliphatic hydroxyl groups is 1. The summed E-state index contributed by atoms with van der Waals surface area (Å²) in [6.45, 7) is 1.60. The third-order valence-electron chi connectivity index (χ3n) is 2.93. The van der Waals surface area contributed by atoms with Gasteiger partial charge in [0.1, 0.15) is 5.82 Å². The van der Waals surface area contributed by atoms with E-state index in [0.717, 1.165) is 0 Å². The molecule has 2 N–H and O–H groups in total. The Morgan fingerprint density at radius 3 is 2.71 bits per heavy atom. The minimum Gasteiger partial charge on any atom is -0.390 e. The first kappa shape index (κ1) is 12.3. The lowest BCUT2D eigenvalue weighted by Crippen LogP contribution is -2.32. The number of hydrogen-bond acceptors (Lipinski definition) is 4. The molecule has 17 heavy (non-hydrogen) atoms. The highest BCUT2D eigenvalue weighted by molar-refractivity contribution is 7.91. The number of rotatable bonds is 2. The van der Waals surface area contributed by atoms with Gasteiger partial charge in [0.2, 0.25) is 0 Å². The molecule has 0 saturated carbocycles. The van der Waals surface area contributed by atoms with Crippen molar-refractivity contribution in [2.24, 2.45) is 0 Å². The summed E-state index contributed by atoms with van der Waals surface area (Å²) < 4.78 is 35.9. The summed E-state index contributed by atoms with van der Waals surface area (Å²) in [5.41, 5.74) is 0.940. The van der Waals surface area contributed by atoms with Crippen LogP contribution in [0.1, 0.15) is 5.56 Å². The number of hydrogen-bond donors (Lipinski definition) is 2. The van der Waals surface area contributed by atoms with Gasteiger partial charge >= 0.3 is 0 Å². The van der Waals surface area contributed by atoms with Crippen molar-refractivity contribution in [3.8, 4) is 0 Å². The molecular weight excluding hydrogens is 245 g/mol. The standard InChI is InChI=1S/C11H14FNO3S/c1-7-8(12)3-2-4-9(7)13-10-5-17(15,16)6-11(10)14/h2-4,10-11,13-14H,5-6H2,1H3. The lowest BCUT2D eigenvalue weighted by atomic mass is 10.1. The summed E-state index contributed by atoms with van der Waals surface area (Å²) in [6, 6.07) is 3.97. The van der Waals surface area contributed by atoms with Crippen LogP contribution in [-0.2, 0) is 9.84 Å². The van der Waals surface area contributed by atoms with Crippen LogP contribution in [0.4, 0.5) is 10.1 Å². The Bertz CT molecular complexity index is 530. The molecule has 4 nitrogen and oxygen atoms in total. The average Bonchev–Trinajstić information content (AvgIpc) is 2.47.